The van der Waals surface area contributed by atoms with Gasteiger partial charge in [0.1, 0.15) is 0 Å². The second-order valence-corrected chi connectivity index (χ2v) is 5.43. The van der Waals surface area contributed by atoms with Gasteiger partial charge in [-0.1, -0.05) is 72.8 Å². The number of nitrogens with zero attached hydrogens (tertiary/aromatic N) is 1. The van der Waals surface area contributed by atoms with E-state index in [-0.39, 0.29) is 17.9 Å². The Hall–Kier alpha value is -3.27. The summed E-state index contributed by atoms with van der Waals surface area (Å²) in [6.07, 6.45) is 0.0157. The van der Waals surface area contributed by atoms with Crippen LogP contribution in [0.3, 0.4) is 0 Å². The Morgan fingerprint density at radius 2 is 1.38 bits per heavy atom. The van der Waals surface area contributed by atoms with E-state index in [0.717, 1.165) is 11.1 Å². The maximum Gasteiger partial charge on any atom is 0.273 e. The number of carbonyl (C=O) groups is 1. The molecule has 0 bridgehead atoms. The second-order valence-electron chi connectivity index (χ2n) is 5.43. The van der Waals surface area contributed by atoms with Crippen molar-refractivity contribution in [3.8, 4) is 11.1 Å². The fraction of sp³-hybridized carbons (Fsp3) is 0.0500. The van der Waals surface area contributed by atoms with E-state index in [1.165, 1.54) is 6.07 Å². The van der Waals surface area contributed by atoms with Crippen molar-refractivity contribution in [3.63, 3.8) is 0 Å². The van der Waals surface area contributed by atoms with Gasteiger partial charge in [-0.05, 0) is 11.1 Å². The van der Waals surface area contributed by atoms with E-state index >= 15 is 0 Å². The Balaban J connectivity index is 1.80. The molecule has 24 heavy (non-hydrogen) atoms. The van der Waals surface area contributed by atoms with Gasteiger partial charge in [0.2, 0.25) is 0 Å². The van der Waals surface area contributed by atoms with Gasteiger partial charge in [0, 0.05) is 23.6 Å². The van der Waals surface area contributed by atoms with E-state index in [2.05, 4.69) is 0 Å². The molecule has 0 unspecified atom stereocenters. The third-order valence-corrected chi connectivity index (χ3v) is 3.85. The molecule has 0 radical (unpaired) electrons. The van der Waals surface area contributed by atoms with Crippen molar-refractivity contribution in [2.24, 2.45) is 0 Å². The predicted molar refractivity (Wildman–Crippen MR) is 93.0 cm³/mol. The summed E-state index contributed by atoms with van der Waals surface area (Å²) in [6, 6.07) is 23.5. The van der Waals surface area contributed by atoms with Crippen molar-refractivity contribution in [1.82, 2.24) is 0 Å². The number of rotatable bonds is 5. The number of nitro groups is 1. The minimum absolute atomic E-state index is 0.0157. The molecule has 0 aliphatic rings. The summed E-state index contributed by atoms with van der Waals surface area (Å²) in [7, 11) is 0. The highest BCUT2D eigenvalue weighted by atomic mass is 16.6. The van der Waals surface area contributed by atoms with Gasteiger partial charge >= 0.3 is 0 Å². The lowest BCUT2D eigenvalue weighted by Crippen LogP contribution is -2.05. The summed E-state index contributed by atoms with van der Waals surface area (Å²) in [4.78, 5) is 23.0. The molecular formula is C20H15NO3. The second kappa shape index (κ2) is 6.87. The Morgan fingerprint density at radius 3 is 2.04 bits per heavy atom. The molecule has 3 rings (SSSR count). The summed E-state index contributed by atoms with van der Waals surface area (Å²) in [5, 5.41) is 11.0. The Bertz CT molecular complexity index is 871. The molecule has 0 heterocycles. The molecule has 4 heteroatoms. The highest BCUT2D eigenvalue weighted by molar-refractivity contribution is 5.98. The van der Waals surface area contributed by atoms with Crippen LogP contribution in [0.5, 0.6) is 0 Å². The van der Waals surface area contributed by atoms with Crippen LogP contribution in [0, 0.1) is 10.1 Å². The molecule has 0 N–H and O–H groups in total. The van der Waals surface area contributed by atoms with Crippen molar-refractivity contribution in [1.29, 1.82) is 0 Å². The topological polar surface area (TPSA) is 60.2 Å². The minimum Gasteiger partial charge on any atom is -0.294 e. The Labute approximate surface area is 139 Å². The first-order chi connectivity index (χ1) is 11.6. The van der Waals surface area contributed by atoms with Crippen LogP contribution in [0.15, 0.2) is 78.9 Å². The molecule has 0 amide bonds. The quantitative estimate of drug-likeness (QED) is 0.390. The van der Waals surface area contributed by atoms with Crippen molar-refractivity contribution in [2.45, 2.75) is 6.42 Å². The first kappa shape index (κ1) is 15.6. The van der Waals surface area contributed by atoms with Crippen LogP contribution < -0.4 is 0 Å². The lowest BCUT2D eigenvalue weighted by molar-refractivity contribution is -0.385. The standard InChI is InChI=1S/C20H15NO3/c22-20(14-18-8-4-5-9-19(18)21(23)24)17-12-10-16(11-13-17)15-6-2-1-3-7-15/h1-13H,14H2. The number of ketones is 1. The molecule has 0 fully saturated rings. The van der Waals surface area contributed by atoms with Crippen LogP contribution in [-0.4, -0.2) is 10.7 Å². The molecule has 3 aromatic carbocycles. The third kappa shape index (κ3) is 3.38. The molecule has 3 aromatic rings. The molecular weight excluding hydrogens is 302 g/mol. The van der Waals surface area contributed by atoms with Gasteiger partial charge < -0.3 is 0 Å². The van der Waals surface area contributed by atoms with Crippen molar-refractivity contribution in [2.75, 3.05) is 0 Å². The fourth-order valence-corrected chi connectivity index (χ4v) is 2.59. The van der Waals surface area contributed by atoms with E-state index in [1.54, 1.807) is 30.3 Å². The Kier molecular flexibility index (Phi) is 4.47. The third-order valence-electron chi connectivity index (χ3n) is 3.85. The van der Waals surface area contributed by atoms with Gasteiger partial charge in [0.25, 0.3) is 5.69 Å². The zero-order chi connectivity index (χ0) is 16.9. The SMILES string of the molecule is O=C(Cc1ccccc1[N+](=O)[O-])c1ccc(-c2ccccc2)cc1. The number of hydrogen-bond acceptors (Lipinski definition) is 3. The van der Waals surface area contributed by atoms with Gasteiger partial charge in [-0.2, -0.15) is 0 Å². The monoisotopic (exact) mass is 317 g/mol. The molecule has 0 aliphatic heterocycles. The average Bonchev–Trinajstić information content (AvgIpc) is 2.63. The maximum absolute atomic E-state index is 12.4. The minimum atomic E-state index is -0.457. The lowest BCUT2D eigenvalue weighted by atomic mass is 9.99. The summed E-state index contributed by atoms with van der Waals surface area (Å²) >= 11 is 0. The zero-order valence-corrected chi connectivity index (χ0v) is 12.9. The maximum atomic E-state index is 12.4. The molecule has 0 aromatic heterocycles. The molecule has 118 valence electrons. The zero-order valence-electron chi connectivity index (χ0n) is 12.9. The summed E-state index contributed by atoms with van der Waals surface area (Å²) in [5.41, 5.74) is 3.06. The largest absolute Gasteiger partial charge is 0.294 e. The van der Waals surface area contributed by atoms with Crippen LogP contribution in [0.4, 0.5) is 5.69 Å². The van der Waals surface area contributed by atoms with Crippen LogP contribution in [0.25, 0.3) is 11.1 Å². The summed E-state index contributed by atoms with van der Waals surface area (Å²) < 4.78 is 0. The van der Waals surface area contributed by atoms with Crippen LogP contribution in [-0.2, 0) is 6.42 Å². The molecule has 4 nitrogen and oxygen atoms in total. The van der Waals surface area contributed by atoms with E-state index in [9.17, 15) is 14.9 Å². The van der Waals surface area contributed by atoms with Crippen LogP contribution in [0.1, 0.15) is 15.9 Å². The van der Waals surface area contributed by atoms with Gasteiger partial charge in [-0.3, -0.25) is 14.9 Å². The average molecular weight is 317 g/mol. The van der Waals surface area contributed by atoms with Crippen molar-refractivity contribution < 1.29 is 9.72 Å². The molecule has 0 spiro atoms. The van der Waals surface area contributed by atoms with E-state index in [1.807, 2.05) is 42.5 Å². The predicted octanol–water partition coefficient (Wildman–Crippen LogP) is 4.69. The van der Waals surface area contributed by atoms with E-state index in [4.69, 9.17) is 0 Å². The number of nitro benzene ring substituents is 1. The number of hydrogen-bond donors (Lipinski definition) is 0. The van der Waals surface area contributed by atoms with E-state index in [0.29, 0.717) is 11.1 Å². The normalized spacial score (nSPS) is 10.3. The van der Waals surface area contributed by atoms with Crippen molar-refractivity contribution in [3.05, 3.63) is 100 Å². The summed E-state index contributed by atoms with van der Waals surface area (Å²) in [6.45, 7) is 0. The van der Waals surface area contributed by atoms with Gasteiger partial charge in [-0.25, -0.2) is 0 Å². The Morgan fingerprint density at radius 1 is 0.792 bits per heavy atom. The smallest absolute Gasteiger partial charge is 0.273 e. The number of carbonyl (C=O) groups excluding carboxylic acids is 1. The van der Waals surface area contributed by atoms with E-state index < -0.39 is 4.92 Å². The van der Waals surface area contributed by atoms with Crippen LogP contribution >= 0.6 is 0 Å². The molecule has 0 saturated carbocycles. The van der Waals surface area contributed by atoms with Gasteiger partial charge in [0.05, 0.1) is 4.92 Å². The van der Waals surface area contributed by atoms with Gasteiger partial charge in [0.15, 0.2) is 5.78 Å². The van der Waals surface area contributed by atoms with Crippen LogP contribution in [0.2, 0.25) is 0 Å². The first-order valence-corrected chi connectivity index (χ1v) is 7.56. The first-order valence-electron chi connectivity index (χ1n) is 7.56. The lowest BCUT2D eigenvalue weighted by Gasteiger charge is -2.05. The van der Waals surface area contributed by atoms with Gasteiger partial charge in [-0.15, -0.1) is 0 Å². The summed E-state index contributed by atoms with van der Waals surface area (Å²) in [5.74, 6) is -0.135. The molecule has 0 saturated heterocycles. The molecule has 0 aliphatic carbocycles. The fourth-order valence-electron chi connectivity index (χ4n) is 2.59. The highest BCUT2D eigenvalue weighted by Crippen LogP contribution is 2.22. The van der Waals surface area contributed by atoms with Crippen molar-refractivity contribution >= 4 is 11.5 Å². The number of benzene rings is 3. The number of para-hydroxylation sites is 1. The molecule has 0 atom stereocenters. The number of Topliss-reactive ketones (excluding diaryl/α,β-unsaturated/α-hetero) is 1. The highest BCUT2D eigenvalue weighted by Gasteiger charge is 2.16.